The summed E-state index contributed by atoms with van der Waals surface area (Å²) in [6.07, 6.45) is 1.59. The molecule has 39 heavy (non-hydrogen) atoms. The molecule has 12 heteroatoms. The molecule has 0 fully saturated rings. The van der Waals surface area contributed by atoms with Crippen LogP contribution >= 0.6 is 22.9 Å². The third-order valence-electron chi connectivity index (χ3n) is 6.18. The number of carbonyl (C=O) groups excluding carboxylic acids is 1. The number of benzene rings is 2. The van der Waals surface area contributed by atoms with Crippen LogP contribution < -0.4 is 19.6 Å². The molecule has 2 aromatic carbocycles. The second-order valence-corrected chi connectivity index (χ2v) is 9.91. The number of furan rings is 1. The van der Waals surface area contributed by atoms with Gasteiger partial charge in [0, 0.05) is 34.4 Å². The SMILES string of the molecule is COC(=O)C1=C(C)N=c2s/c(=C\c3ccc(-c4ccc([N+](=O)[O-])cc4)o3)c(=O)n2[C@H]1c1cc(Cl)ccc1OC. The molecule has 0 radical (unpaired) electrons. The van der Waals surface area contributed by atoms with Crippen LogP contribution in [0.25, 0.3) is 17.4 Å². The number of halogens is 1. The van der Waals surface area contributed by atoms with Gasteiger partial charge in [-0.3, -0.25) is 19.5 Å². The smallest absolute Gasteiger partial charge is 0.338 e. The molecule has 0 spiro atoms. The number of methoxy groups -OCH3 is 2. The van der Waals surface area contributed by atoms with Gasteiger partial charge in [-0.15, -0.1) is 0 Å². The van der Waals surface area contributed by atoms with Gasteiger partial charge in [0.1, 0.15) is 23.3 Å². The first kappa shape index (κ1) is 26.1. The maximum atomic E-state index is 13.8. The normalized spacial score (nSPS) is 15.1. The van der Waals surface area contributed by atoms with Crippen LogP contribution in [-0.4, -0.2) is 29.7 Å². The van der Waals surface area contributed by atoms with E-state index in [2.05, 4.69) is 4.99 Å². The molecule has 0 saturated carbocycles. The lowest BCUT2D eigenvalue weighted by Gasteiger charge is -2.25. The minimum absolute atomic E-state index is 0.0286. The van der Waals surface area contributed by atoms with Gasteiger partial charge in [0.25, 0.3) is 11.2 Å². The molecule has 0 amide bonds. The lowest BCUT2D eigenvalue weighted by Crippen LogP contribution is -2.40. The Kier molecular flexibility index (Phi) is 6.94. The fraction of sp³-hybridized carbons (Fsp3) is 0.148. The summed E-state index contributed by atoms with van der Waals surface area (Å²) in [5.41, 5.74) is 1.32. The molecule has 0 bridgehead atoms. The van der Waals surface area contributed by atoms with Crippen LogP contribution in [-0.2, 0) is 9.53 Å². The fourth-order valence-electron chi connectivity index (χ4n) is 4.37. The van der Waals surface area contributed by atoms with Crippen molar-refractivity contribution in [2.24, 2.45) is 4.99 Å². The van der Waals surface area contributed by atoms with E-state index in [1.54, 1.807) is 55.5 Å². The van der Waals surface area contributed by atoms with Crippen molar-refractivity contribution in [1.82, 2.24) is 4.57 Å². The van der Waals surface area contributed by atoms with Crippen molar-refractivity contribution in [2.45, 2.75) is 13.0 Å². The average Bonchev–Trinajstić information content (AvgIpc) is 3.51. The van der Waals surface area contributed by atoms with E-state index in [0.29, 0.717) is 48.5 Å². The Labute approximate surface area is 229 Å². The van der Waals surface area contributed by atoms with Gasteiger partial charge < -0.3 is 13.9 Å². The van der Waals surface area contributed by atoms with Crippen LogP contribution in [0.15, 0.2) is 80.1 Å². The van der Waals surface area contributed by atoms with Crippen LogP contribution in [0.5, 0.6) is 5.75 Å². The maximum absolute atomic E-state index is 13.8. The molecule has 2 aromatic heterocycles. The molecular weight excluding hydrogens is 546 g/mol. The summed E-state index contributed by atoms with van der Waals surface area (Å²) in [7, 11) is 2.75. The van der Waals surface area contributed by atoms with E-state index in [0.717, 1.165) is 11.3 Å². The molecule has 198 valence electrons. The molecule has 0 N–H and O–H groups in total. The number of non-ortho nitro benzene ring substituents is 1. The molecule has 0 aliphatic carbocycles. The number of allylic oxidation sites excluding steroid dienone is 1. The topological polar surface area (TPSA) is 126 Å². The lowest BCUT2D eigenvalue weighted by molar-refractivity contribution is -0.384. The first-order chi connectivity index (χ1) is 18.7. The predicted molar refractivity (Wildman–Crippen MR) is 145 cm³/mol. The minimum Gasteiger partial charge on any atom is -0.496 e. The number of rotatable bonds is 6. The van der Waals surface area contributed by atoms with Gasteiger partial charge in [0.15, 0.2) is 4.80 Å². The zero-order valence-electron chi connectivity index (χ0n) is 20.8. The number of nitrogens with zero attached hydrogens (tertiary/aromatic N) is 3. The Morgan fingerprint density at radius 2 is 1.92 bits per heavy atom. The molecule has 1 aliphatic rings. The first-order valence-electron chi connectivity index (χ1n) is 11.5. The van der Waals surface area contributed by atoms with E-state index < -0.39 is 22.5 Å². The zero-order chi connectivity index (χ0) is 27.8. The summed E-state index contributed by atoms with van der Waals surface area (Å²) >= 11 is 7.44. The van der Waals surface area contributed by atoms with E-state index >= 15 is 0 Å². The van der Waals surface area contributed by atoms with Crippen molar-refractivity contribution >= 4 is 40.7 Å². The molecule has 0 unspecified atom stereocenters. The number of nitro benzene ring substituents is 1. The van der Waals surface area contributed by atoms with E-state index in [9.17, 15) is 19.7 Å². The standard InChI is InChI=1S/C27H20ClN3O7S/c1-14-23(26(33)37-3)24(19-12-16(28)6-10-21(19)36-2)30-25(32)22(39-27(30)29-14)13-18-9-11-20(38-18)15-4-7-17(8-5-15)31(34)35/h4-13,24H,1-3H3/b22-13-/t24-/m0/s1. The Morgan fingerprint density at radius 1 is 1.18 bits per heavy atom. The number of nitro groups is 1. The van der Waals surface area contributed by atoms with Crippen molar-refractivity contribution in [3.63, 3.8) is 0 Å². The maximum Gasteiger partial charge on any atom is 0.338 e. The number of hydrogen-bond donors (Lipinski definition) is 0. The number of carbonyl (C=O) groups is 1. The highest BCUT2D eigenvalue weighted by molar-refractivity contribution is 7.07. The molecule has 1 atom stereocenters. The predicted octanol–water partition coefficient (Wildman–Crippen LogP) is 4.24. The Bertz CT molecular complexity index is 1830. The van der Waals surface area contributed by atoms with E-state index in [1.807, 2.05) is 0 Å². The Hall–Kier alpha value is -4.48. The van der Waals surface area contributed by atoms with Gasteiger partial charge in [-0.1, -0.05) is 22.9 Å². The molecule has 4 aromatic rings. The Morgan fingerprint density at radius 3 is 2.59 bits per heavy atom. The zero-order valence-corrected chi connectivity index (χ0v) is 22.4. The van der Waals surface area contributed by atoms with Crippen molar-refractivity contribution in [2.75, 3.05) is 14.2 Å². The second kappa shape index (κ2) is 10.4. The molecule has 3 heterocycles. The van der Waals surface area contributed by atoms with E-state index in [4.69, 9.17) is 25.5 Å². The third-order valence-corrected chi connectivity index (χ3v) is 7.39. The van der Waals surface area contributed by atoms with Crippen molar-refractivity contribution in [3.05, 3.63) is 112 Å². The van der Waals surface area contributed by atoms with Crippen molar-refractivity contribution < 1.29 is 23.6 Å². The highest BCUT2D eigenvalue weighted by Crippen LogP contribution is 2.37. The summed E-state index contributed by atoms with van der Waals surface area (Å²) in [5, 5.41) is 11.3. The number of ether oxygens (including phenoxy) is 2. The number of fused-ring (bicyclic) bond motifs is 1. The quantitative estimate of drug-likeness (QED) is 0.194. The Balaban J connectivity index is 1.64. The molecule has 1 aliphatic heterocycles. The average molecular weight is 566 g/mol. The summed E-state index contributed by atoms with van der Waals surface area (Å²) in [6, 6.07) is 13.4. The van der Waals surface area contributed by atoms with Gasteiger partial charge in [-0.2, -0.15) is 0 Å². The number of hydrogen-bond acceptors (Lipinski definition) is 9. The summed E-state index contributed by atoms with van der Waals surface area (Å²) in [5.74, 6) is 0.689. The molecule has 0 saturated heterocycles. The van der Waals surface area contributed by atoms with Crippen LogP contribution in [0, 0.1) is 10.1 Å². The molecule has 5 rings (SSSR count). The highest BCUT2D eigenvalue weighted by atomic mass is 35.5. The van der Waals surface area contributed by atoms with Gasteiger partial charge >= 0.3 is 5.97 Å². The van der Waals surface area contributed by atoms with Crippen LogP contribution in [0.1, 0.15) is 24.3 Å². The van der Waals surface area contributed by atoms with Crippen molar-refractivity contribution in [3.8, 4) is 17.1 Å². The van der Waals surface area contributed by atoms with Gasteiger partial charge in [-0.05, 0) is 49.4 Å². The van der Waals surface area contributed by atoms with Crippen molar-refractivity contribution in [1.29, 1.82) is 0 Å². The minimum atomic E-state index is -0.892. The second-order valence-electron chi connectivity index (χ2n) is 8.47. The number of esters is 1. The number of thiazole rings is 1. The van der Waals surface area contributed by atoms with Crippen LogP contribution in [0.4, 0.5) is 5.69 Å². The summed E-state index contributed by atoms with van der Waals surface area (Å²) in [4.78, 5) is 42.0. The van der Waals surface area contributed by atoms with Gasteiger partial charge in [0.05, 0.1) is 34.9 Å². The van der Waals surface area contributed by atoms with E-state index in [1.165, 1.54) is 30.9 Å². The lowest BCUT2D eigenvalue weighted by atomic mass is 9.95. The van der Waals surface area contributed by atoms with Gasteiger partial charge in [0.2, 0.25) is 0 Å². The monoisotopic (exact) mass is 565 g/mol. The van der Waals surface area contributed by atoms with E-state index in [-0.39, 0.29) is 11.3 Å². The fourth-order valence-corrected chi connectivity index (χ4v) is 5.58. The molecular formula is C27H20ClN3O7S. The van der Waals surface area contributed by atoms with Crippen LogP contribution in [0.2, 0.25) is 5.02 Å². The highest BCUT2D eigenvalue weighted by Gasteiger charge is 2.35. The van der Waals surface area contributed by atoms with Crippen LogP contribution in [0.3, 0.4) is 0 Å². The third kappa shape index (κ3) is 4.77. The summed E-state index contributed by atoms with van der Waals surface area (Å²) < 4.78 is 18.2. The largest absolute Gasteiger partial charge is 0.496 e. The van der Waals surface area contributed by atoms with Gasteiger partial charge in [-0.25, -0.2) is 9.79 Å². The molecule has 10 nitrogen and oxygen atoms in total. The first-order valence-corrected chi connectivity index (χ1v) is 12.7. The number of aromatic nitrogens is 1. The summed E-state index contributed by atoms with van der Waals surface area (Å²) in [6.45, 7) is 1.68.